The highest BCUT2D eigenvalue weighted by atomic mass is 31.2. The quantitative estimate of drug-likeness (QED) is 0.0693. The highest BCUT2D eigenvalue weighted by molar-refractivity contribution is 7.46. The van der Waals surface area contributed by atoms with Gasteiger partial charge in [-0.15, -0.1) is 0 Å². The molecule has 0 radical (unpaired) electrons. The van der Waals surface area contributed by atoms with E-state index in [2.05, 4.69) is 22.5 Å². The van der Waals surface area contributed by atoms with E-state index in [9.17, 15) is 57.5 Å². The van der Waals surface area contributed by atoms with Crippen LogP contribution < -0.4 is 16.0 Å². The highest BCUT2D eigenvalue weighted by Gasteiger charge is 2.47. The minimum absolute atomic E-state index is 0.254. The molecule has 72 heavy (non-hydrogen) atoms. The smallest absolute Gasteiger partial charge is 0.459 e. The van der Waals surface area contributed by atoms with Crippen LogP contribution in [0.5, 0.6) is 0 Å². The number of Topliss-reactive ketones (excluding diaryl/α,β-unsaturated/α-hetero) is 1. The first-order chi connectivity index (χ1) is 33.2. The predicted octanol–water partition coefficient (Wildman–Crippen LogP) is 0.558. The molecule has 1 aromatic carbocycles. The molecule has 1 aromatic rings. The number of rotatable bonds is 15. The van der Waals surface area contributed by atoms with Crippen molar-refractivity contribution >= 4 is 67.0 Å². The van der Waals surface area contributed by atoms with E-state index in [-0.39, 0.29) is 6.42 Å². The summed E-state index contributed by atoms with van der Waals surface area (Å²) < 4.78 is 40.0. The lowest BCUT2D eigenvalue weighted by Gasteiger charge is -2.38. The van der Waals surface area contributed by atoms with Gasteiger partial charge < -0.3 is 64.2 Å². The van der Waals surface area contributed by atoms with Crippen LogP contribution in [0.25, 0.3) is 0 Å². The molecular formula is C47H71N6O18P. The summed E-state index contributed by atoms with van der Waals surface area (Å²) in [5.74, 6) is -13.5. The van der Waals surface area contributed by atoms with Gasteiger partial charge in [-0.25, -0.2) is 14.2 Å². The number of nitrogens with one attached hydrogen (secondary N) is 3. The summed E-state index contributed by atoms with van der Waals surface area (Å²) in [6, 6.07) is -0.0644. The number of ether oxygens (including phenoxy) is 4. The third kappa shape index (κ3) is 17.3. The Morgan fingerprint density at radius 3 is 1.92 bits per heavy atom. The van der Waals surface area contributed by atoms with E-state index in [0.717, 1.165) is 35.6 Å². The predicted molar refractivity (Wildman–Crippen MR) is 255 cm³/mol. The first-order valence-corrected chi connectivity index (χ1v) is 24.6. The van der Waals surface area contributed by atoms with Crippen molar-refractivity contribution in [2.45, 2.75) is 143 Å². The average Bonchev–Trinajstić information content (AvgIpc) is 3.29. The van der Waals surface area contributed by atoms with Gasteiger partial charge in [0.05, 0.1) is 18.1 Å². The fourth-order valence-corrected chi connectivity index (χ4v) is 8.33. The number of phosphoric ester groups is 1. The van der Waals surface area contributed by atoms with Gasteiger partial charge in [-0.2, -0.15) is 0 Å². The number of carbonyl (C=O) groups excluding carboxylic acids is 10. The van der Waals surface area contributed by atoms with Crippen LogP contribution in [0.4, 0.5) is 0 Å². The summed E-state index contributed by atoms with van der Waals surface area (Å²) in [5.41, 5.74) is 0.00704. The van der Waals surface area contributed by atoms with Crippen molar-refractivity contribution < 1.29 is 85.8 Å². The number of amides is 6. The number of esters is 3. The van der Waals surface area contributed by atoms with Gasteiger partial charge in [-0.3, -0.25) is 38.1 Å². The molecule has 6 amide bonds. The Kier molecular flexibility index (Phi) is 23.4. The molecule has 402 valence electrons. The lowest BCUT2D eigenvalue weighted by Crippen LogP contribution is -2.63. The zero-order chi connectivity index (χ0) is 55.3. The lowest BCUT2D eigenvalue weighted by molar-refractivity contribution is -0.174. The van der Waals surface area contributed by atoms with Gasteiger partial charge in [0, 0.05) is 48.0 Å². The third-order valence-corrected chi connectivity index (χ3v) is 12.5. The van der Waals surface area contributed by atoms with Crippen LogP contribution in [0, 0.1) is 17.8 Å². The number of hydrogen-bond donors (Lipinski definition) is 5. The van der Waals surface area contributed by atoms with Gasteiger partial charge in [-0.1, -0.05) is 64.6 Å². The summed E-state index contributed by atoms with van der Waals surface area (Å²) in [7, 11) is -0.572. The maximum Gasteiger partial charge on any atom is 0.469 e. The van der Waals surface area contributed by atoms with Gasteiger partial charge in [0.1, 0.15) is 41.8 Å². The Balaban J connectivity index is 2.93. The Labute approximate surface area is 419 Å². The van der Waals surface area contributed by atoms with E-state index in [1.54, 1.807) is 30.3 Å². The monoisotopic (exact) mass is 1040 g/mol. The van der Waals surface area contributed by atoms with E-state index >= 15 is 4.79 Å². The number of likely N-dealkylation sites (N-methyl/N-ethyl adjacent to an activating group) is 3. The number of phosphoric acid groups is 1. The van der Waals surface area contributed by atoms with E-state index in [1.807, 2.05) is 0 Å². The normalized spacial score (nSPS) is 24.8. The number of carbonyl (C=O) groups is 10. The van der Waals surface area contributed by atoms with E-state index in [0.29, 0.717) is 5.56 Å². The summed E-state index contributed by atoms with van der Waals surface area (Å²) in [4.78, 5) is 161. The lowest BCUT2D eigenvalue weighted by atomic mass is 9.89. The fourth-order valence-electron chi connectivity index (χ4n) is 7.62. The Morgan fingerprint density at radius 1 is 0.833 bits per heavy atom. The molecule has 1 fully saturated rings. The van der Waals surface area contributed by atoms with Gasteiger partial charge in [0.25, 0.3) is 11.8 Å². The van der Waals surface area contributed by atoms with Crippen molar-refractivity contribution in [1.29, 1.82) is 0 Å². The van der Waals surface area contributed by atoms with E-state index < -0.39 is 158 Å². The molecule has 1 aliphatic rings. The van der Waals surface area contributed by atoms with Crippen LogP contribution in [-0.2, 0) is 82.4 Å². The molecular weight excluding hydrogens is 968 g/mol. The fraction of sp³-hybridized carbons (Fsp3) is 0.617. The molecule has 1 aliphatic heterocycles. The second-order valence-electron chi connectivity index (χ2n) is 18.4. The van der Waals surface area contributed by atoms with Crippen LogP contribution in [0.15, 0.2) is 42.6 Å². The zero-order valence-electron chi connectivity index (χ0n) is 43.2. The number of methoxy groups -OCH3 is 1. The van der Waals surface area contributed by atoms with Crippen LogP contribution in [0.1, 0.15) is 81.2 Å². The summed E-state index contributed by atoms with van der Waals surface area (Å²) in [6.45, 7) is 17.0. The van der Waals surface area contributed by atoms with E-state index in [1.165, 1.54) is 76.6 Å². The summed E-state index contributed by atoms with van der Waals surface area (Å²) in [6.07, 6.45) is -8.72. The van der Waals surface area contributed by atoms with Crippen molar-refractivity contribution in [3.05, 3.63) is 48.2 Å². The molecule has 25 heteroatoms. The molecule has 1 saturated heterocycles. The van der Waals surface area contributed by atoms with E-state index in [4.69, 9.17) is 23.5 Å². The molecule has 0 spiro atoms. The number of benzene rings is 1. The summed E-state index contributed by atoms with van der Waals surface area (Å²) >= 11 is 0. The molecule has 0 saturated carbocycles. The molecule has 0 bridgehead atoms. The topological polar surface area (TPSA) is 320 Å². The standard InChI is InChI=1S/C47H71N6O18P/c1-23(2)38(71-72(64,65)66)33(21-25(5)54)45(61)70-39(24(3)4)36-44(60)53(14)37(30(10)67-15)47(63)68-29(9)35(49-31(11)55)46(62)69-34(22-32-19-17-16-18-20-32)43(59)52(13)27(7)40(56)48-26(6)42(58)51(12)28(8)41(57)50-36/h16-20,23-24,26,28-30,33-39H,7,21-22H2,1-6,8-15H3,(H,48,56)(H,49,55)(H,50,57)(H2,64,65,66)/t26-,28-,29+,30+,33-,34+,35-,36-,37-,38+,39+/m0/s1. The Bertz CT molecular complexity index is 2220. The largest absolute Gasteiger partial charge is 0.469 e. The molecule has 0 unspecified atom stereocenters. The third-order valence-electron chi connectivity index (χ3n) is 12.0. The maximum atomic E-state index is 15.0. The second kappa shape index (κ2) is 27.1. The summed E-state index contributed by atoms with van der Waals surface area (Å²) in [5, 5.41) is 7.31. The maximum absolute atomic E-state index is 15.0. The number of nitrogens with zero attached hydrogens (tertiary/aromatic N) is 3. The molecule has 5 N–H and O–H groups in total. The van der Waals surface area contributed by atoms with Gasteiger partial charge in [-0.05, 0) is 52.0 Å². The van der Waals surface area contributed by atoms with Crippen molar-refractivity contribution in [2.75, 3.05) is 28.3 Å². The SMILES string of the molecule is C=C1C(=O)N[C@@H](C)C(=O)N(C)[C@@H](C)C(=O)N[C@@H]([C@H](OC(=O)[C@@H](CC(C)=O)[C@H](OP(=O)(O)O)C(C)C)C(C)C)C(=O)N(C)[C@@H]([C@@H](C)OC)C(=O)O[C@H](C)[C@H](NC(C)=O)C(=O)O[C@H](Cc2ccccc2)C(=O)N1C. The number of ketones is 1. The van der Waals surface area contributed by atoms with Crippen molar-refractivity contribution in [1.82, 2.24) is 30.7 Å². The molecule has 1 heterocycles. The van der Waals surface area contributed by atoms with Crippen LogP contribution >= 0.6 is 7.82 Å². The van der Waals surface area contributed by atoms with Gasteiger partial charge >= 0.3 is 25.7 Å². The van der Waals surface area contributed by atoms with Crippen LogP contribution in [0.2, 0.25) is 0 Å². The van der Waals surface area contributed by atoms with Crippen LogP contribution in [0.3, 0.4) is 0 Å². The molecule has 11 atom stereocenters. The van der Waals surface area contributed by atoms with Crippen molar-refractivity contribution in [3.8, 4) is 0 Å². The van der Waals surface area contributed by atoms with Gasteiger partial charge in [0.15, 0.2) is 18.2 Å². The molecule has 0 aliphatic carbocycles. The number of cyclic esters (lactones) is 2. The number of hydrogen-bond acceptors (Lipinski definition) is 16. The zero-order valence-corrected chi connectivity index (χ0v) is 44.1. The first-order valence-electron chi connectivity index (χ1n) is 23.1. The minimum atomic E-state index is -5.28. The second-order valence-corrected chi connectivity index (χ2v) is 19.6. The van der Waals surface area contributed by atoms with Crippen molar-refractivity contribution in [2.24, 2.45) is 17.8 Å². The molecule has 2 rings (SSSR count). The van der Waals surface area contributed by atoms with Crippen molar-refractivity contribution in [3.63, 3.8) is 0 Å². The van der Waals surface area contributed by atoms with Crippen LogP contribution in [-0.4, -0.2) is 173 Å². The first kappa shape index (κ1) is 62.0. The Morgan fingerprint density at radius 2 is 1.42 bits per heavy atom. The highest BCUT2D eigenvalue weighted by Crippen LogP contribution is 2.42. The minimum Gasteiger partial charge on any atom is -0.459 e. The Hall–Kier alpha value is -6.07. The molecule has 0 aromatic heterocycles. The molecule has 24 nitrogen and oxygen atoms in total. The van der Waals surface area contributed by atoms with Gasteiger partial charge in [0.2, 0.25) is 23.6 Å². The average molecular weight is 1040 g/mol.